The zero-order chi connectivity index (χ0) is 13.6. The monoisotopic (exact) mass is 252 g/mol. The number of pyridine rings is 1. The second-order valence-electron chi connectivity index (χ2n) is 5.00. The van der Waals surface area contributed by atoms with Crippen LogP contribution >= 0.6 is 0 Å². The molecule has 0 aliphatic heterocycles. The van der Waals surface area contributed by atoms with Crippen LogP contribution in [0.15, 0.2) is 18.3 Å². The maximum Gasteiger partial charge on any atom is 0.137 e. The summed E-state index contributed by atoms with van der Waals surface area (Å²) in [4.78, 5) is 4.30. The Morgan fingerprint density at radius 1 is 1.39 bits per heavy atom. The van der Waals surface area contributed by atoms with Crippen molar-refractivity contribution in [1.82, 2.24) is 4.98 Å². The molecule has 1 aromatic rings. The molecule has 0 spiro atoms. The van der Waals surface area contributed by atoms with E-state index in [9.17, 15) is 0 Å². The van der Waals surface area contributed by atoms with Crippen molar-refractivity contribution in [2.45, 2.75) is 45.3 Å². The summed E-state index contributed by atoms with van der Waals surface area (Å²) >= 11 is 0. The van der Waals surface area contributed by atoms with Gasteiger partial charge in [-0.3, -0.25) is 4.98 Å². The summed E-state index contributed by atoms with van der Waals surface area (Å²) < 4.78 is 11.0. The molecule has 1 rings (SSSR count). The van der Waals surface area contributed by atoms with Crippen molar-refractivity contribution in [3.8, 4) is 5.75 Å². The van der Waals surface area contributed by atoms with Gasteiger partial charge in [0.05, 0.1) is 24.1 Å². The summed E-state index contributed by atoms with van der Waals surface area (Å²) in [5.41, 5.74) is 6.65. The third kappa shape index (κ3) is 4.63. The van der Waals surface area contributed by atoms with Crippen LogP contribution in [0.3, 0.4) is 0 Å². The third-order valence-electron chi connectivity index (χ3n) is 3.10. The summed E-state index contributed by atoms with van der Waals surface area (Å²) in [6, 6.07) is 3.84. The minimum Gasteiger partial charge on any atom is -0.492 e. The van der Waals surface area contributed by atoms with Crippen molar-refractivity contribution >= 4 is 0 Å². The van der Waals surface area contributed by atoms with E-state index in [4.69, 9.17) is 15.2 Å². The van der Waals surface area contributed by atoms with E-state index in [1.54, 1.807) is 13.3 Å². The van der Waals surface area contributed by atoms with Gasteiger partial charge in [-0.15, -0.1) is 0 Å². The fraction of sp³-hybridized carbons (Fsp3) is 0.643. The van der Waals surface area contributed by atoms with Crippen molar-refractivity contribution in [3.05, 3.63) is 24.0 Å². The van der Waals surface area contributed by atoms with Gasteiger partial charge in [0.1, 0.15) is 5.75 Å². The Morgan fingerprint density at radius 3 is 2.61 bits per heavy atom. The van der Waals surface area contributed by atoms with Gasteiger partial charge in [0.15, 0.2) is 0 Å². The summed E-state index contributed by atoms with van der Waals surface area (Å²) in [6.45, 7) is 6.74. The highest BCUT2D eigenvalue weighted by atomic mass is 16.5. The molecule has 0 fully saturated rings. The summed E-state index contributed by atoms with van der Waals surface area (Å²) in [5.74, 6) is 0.772. The van der Waals surface area contributed by atoms with E-state index in [1.165, 1.54) is 0 Å². The Morgan fingerprint density at radius 2 is 2.11 bits per heavy atom. The van der Waals surface area contributed by atoms with Crippen molar-refractivity contribution in [2.75, 3.05) is 13.7 Å². The molecule has 0 radical (unpaired) electrons. The van der Waals surface area contributed by atoms with Gasteiger partial charge in [0, 0.05) is 19.6 Å². The smallest absolute Gasteiger partial charge is 0.137 e. The van der Waals surface area contributed by atoms with Gasteiger partial charge in [-0.2, -0.15) is 0 Å². The molecule has 1 aromatic heterocycles. The maximum absolute atomic E-state index is 5.90. The van der Waals surface area contributed by atoms with Crippen molar-refractivity contribution < 1.29 is 9.47 Å². The van der Waals surface area contributed by atoms with E-state index < -0.39 is 0 Å². The number of ether oxygens (including phenoxy) is 2. The van der Waals surface area contributed by atoms with Crippen LogP contribution in [-0.4, -0.2) is 24.3 Å². The molecule has 2 N–H and O–H groups in total. The molecule has 0 bridgehead atoms. The quantitative estimate of drug-likeness (QED) is 0.810. The zero-order valence-corrected chi connectivity index (χ0v) is 11.8. The topological polar surface area (TPSA) is 57.4 Å². The molecule has 4 nitrogen and oxygen atoms in total. The second kappa shape index (κ2) is 6.71. The number of hydrogen-bond donors (Lipinski definition) is 1. The first-order valence-corrected chi connectivity index (χ1v) is 6.38. The van der Waals surface area contributed by atoms with Gasteiger partial charge in [-0.25, -0.2) is 0 Å². The predicted octanol–water partition coefficient (Wildman–Crippen LogP) is 2.69. The molecule has 0 saturated carbocycles. The van der Waals surface area contributed by atoms with Gasteiger partial charge >= 0.3 is 0 Å². The first-order chi connectivity index (χ1) is 8.48. The first-order valence-electron chi connectivity index (χ1n) is 6.38. The molecule has 0 amide bonds. The minimum atomic E-state index is -0.155. The summed E-state index contributed by atoms with van der Waals surface area (Å²) in [6.07, 6.45) is 3.44. The van der Waals surface area contributed by atoms with E-state index in [0.717, 1.165) is 24.3 Å². The molecule has 4 heteroatoms. The number of aromatic nitrogens is 1. The highest BCUT2D eigenvalue weighted by Gasteiger charge is 2.16. The normalized spacial score (nSPS) is 13.4. The Balaban J connectivity index is 2.45. The molecule has 0 saturated heterocycles. The van der Waals surface area contributed by atoms with Crippen molar-refractivity contribution in [2.24, 2.45) is 5.73 Å². The Kier molecular flexibility index (Phi) is 5.56. The van der Waals surface area contributed by atoms with Crippen LogP contribution in [0.2, 0.25) is 0 Å². The SMILES string of the molecule is CC[C@H](N)c1ccc(OCCC(C)(C)OC)cn1. The summed E-state index contributed by atoms with van der Waals surface area (Å²) in [7, 11) is 1.71. The standard InChI is InChI=1S/C14H24N2O2/c1-5-12(15)13-7-6-11(10-16-13)18-9-8-14(2,3)17-4/h6-7,10,12H,5,8-9,15H2,1-4H3/t12-/m0/s1. The molecule has 0 aliphatic rings. The lowest BCUT2D eigenvalue weighted by atomic mass is 10.1. The molecular weight excluding hydrogens is 228 g/mol. The lowest BCUT2D eigenvalue weighted by Crippen LogP contribution is -2.25. The fourth-order valence-electron chi connectivity index (χ4n) is 1.42. The van der Waals surface area contributed by atoms with Gasteiger partial charge < -0.3 is 15.2 Å². The van der Waals surface area contributed by atoms with E-state index in [2.05, 4.69) is 4.98 Å². The number of nitrogens with zero attached hydrogens (tertiary/aromatic N) is 1. The van der Waals surface area contributed by atoms with Crippen LogP contribution in [0, 0.1) is 0 Å². The minimum absolute atomic E-state index is 0.00600. The van der Waals surface area contributed by atoms with E-state index in [1.807, 2.05) is 32.9 Å². The molecular formula is C14H24N2O2. The third-order valence-corrected chi connectivity index (χ3v) is 3.10. The Labute approximate surface area is 110 Å². The average Bonchev–Trinajstić information content (AvgIpc) is 2.38. The Bertz CT molecular complexity index is 349. The van der Waals surface area contributed by atoms with Gasteiger partial charge in [-0.1, -0.05) is 6.92 Å². The second-order valence-corrected chi connectivity index (χ2v) is 5.00. The van der Waals surface area contributed by atoms with E-state index >= 15 is 0 Å². The first kappa shape index (κ1) is 14.9. The molecule has 0 aliphatic carbocycles. The van der Waals surface area contributed by atoms with Gasteiger partial charge in [-0.05, 0) is 32.4 Å². The Hall–Kier alpha value is -1.13. The fourth-order valence-corrected chi connectivity index (χ4v) is 1.42. The number of hydrogen-bond acceptors (Lipinski definition) is 4. The molecule has 1 atom stereocenters. The summed E-state index contributed by atoms with van der Waals surface area (Å²) in [5, 5.41) is 0. The maximum atomic E-state index is 5.90. The van der Waals surface area contributed by atoms with Gasteiger partial charge in [0.25, 0.3) is 0 Å². The number of rotatable bonds is 7. The van der Waals surface area contributed by atoms with Crippen molar-refractivity contribution in [3.63, 3.8) is 0 Å². The van der Waals surface area contributed by atoms with Crippen LogP contribution < -0.4 is 10.5 Å². The lowest BCUT2D eigenvalue weighted by molar-refractivity contribution is 0.00542. The zero-order valence-electron chi connectivity index (χ0n) is 11.8. The molecule has 0 aromatic carbocycles. The van der Waals surface area contributed by atoms with Crippen LogP contribution in [0.25, 0.3) is 0 Å². The number of methoxy groups -OCH3 is 1. The van der Waals surface area contributed by atoms with E-state index in [0.29, 0.717) is 6.61 Å². The van der Waals surface area contributed by atoms with E-state index in [-0.39, 0.29) is 11.6 Å². The highest BCUT2D eigenvalue weighted by Crippen LogP contribution is 2.17. The van der Waals surface area contributed by atoms with Gasteiger partial charge in [0.2, 0.25) is 0 Å². The molecule has 0 unspecified atom stereocenters. The molecule has 102 valence electrons. The van der Waals surface area contributed by atoms with Crippen LogP contribution in [0.4, 0.5) is 0 Å². The lowest BCUT2D eigenvalue weighted by Gasteiger charge is -2.22. The van der Waals surface area contributed by atoms with Crippen LogP contribution in [0.5, 0.6) is 5.75 Å². The average molecular weight is 252 g/mol. The molecule has 18 heavy (non-hydrogen) atoms. The highest BCUT2D eigenvalue weighted by molar-refractivity contribution is 5.21. The van der Waals surface area contributed by atoms with Crippen LogP contribution in [0.1, 0.15) is 45.3 Å². The molecule has 1 heterocycles. The van der Waals surface area contributed by atoms with Crippen LogP contribution in [-0.2, 0) is 4.74 Å². The van der Waals surface area contributed by atoms with Crippen molar-refractivity contribution in [1.29, 1.82) is 0 Å². The largest absolute Gasteiger partial charge is 0.492 e. The predicted molar refractivity (Wildman–Crippen MR) is 72.7 cm³/mol. The number of nitrogens with two attached hydrogens (primary N) is 1.